The average Bonchev–Trinajstić information content (AvgIpc) is 2.48. The molecule has 106 valence electrons. The van der Waals surface area contributed by atoms with Crippen molar-refractivity contribution >= 4 is 6.08 Å². The lowest BCUT2D eigenvalue weighted by atomic mass is 9.93. The van der Waals surface area contributed by atoms with E-state index in [2.05, 4.69) is 11.6 Å². The van der Waals surface area contributed by atoms with Crippen LogP contribution in [0.3, 0.4) is 0 Å². The highest BCUT2D eigenvalue weighted by molar-refractivity contribution is 5.79. The molecule has 1 heterocycles. The number of methoxy groups -OCH3 is 1. The Kier molecular flexibility index (Phi) is 3.99. The van der Waals surface area contributed by atoms with E-state index in [-0.39, 0.29) is 28.0 Å². The zero-order chi connectivity index (χ0) is 15.6. The van der Waals surface area contributed by atoms with E-state index in [4.69, 9.17) is 4.74 Å². The van der Waals surface area contributed by atoms with Crippen LogP contribution in [0, 0.1) is 30.0 Å². The van der Waals surface area contributed by atoms with E-state index >= 15 is 0 Å². The highest BCUT2D eigenvalue weighted by Gasteiger charge is 2.24. The van der Waals surface area contributed by atoms with Crippen molar-refractivity contribution in [2.24, 2.45) is 0 Å². The molecule has 2 rings (SSSR count). The molecule has 0 aliphatic rings. The topological polar surface area (TPSA) is 45.9 Å². The molecule has 1 aromatic carbocycles. The van der Waals surface area contributed by atoms with Crippen molar-refractivity contribution in [1.82, 2.24) is 4.98 Å². The molecule has 21 heavy (non-hydrogen) atoms. The third-order valence-corrected chi connectivity index (χ3v) is 3.24. The quantitative estimate of drug-likeness (QED) is 0.805. The molecule has 0 saturated heterocycles. The number of benzene rings is 1. The molecule has 0 unspecified atom stereocenters. The Morgan fingerprint density at radius 2 is 2.14 bits per heavy atom. The average molecular weight is 286 g/mol. The second-order valence-electron chi connectivity index (χ2n) is 4.29. The second kappa shape index (κ2) is 5.71. The number of halogens is 2. The molecule has 0 N–H and O–H groups in total. The zero-order valence-electron chi connectivity index (χ0n) is 11.6. The smallest absolute Gasteiger partial charge is 0.220 e. The fraction of sp³-hybridized carbons (Fsp3) is 0.125. The first-order valence-electron chi connectivity index (χ1n) is 6.10. The maximum Gasteiger partial charge on any atom is 0.220 e. The monoisotopic (exact) mass is 286 g/mol. The van der Waals surface area contributed by atoms with Gasteiger partial charge in [0.2, 0.25) is 5.95 Å². The van der Waals surface area contributed by atoms with Gasteiger partial charge in [-0.15, -0.1) is 0 Å². The first kappa shape index (κ1) is 14.7. The van der Waals surface area contributed by atoms with Crippen LogP contribution in [0.4, 0.5) is 8.78 Å². The number of ether oxygens (including phenoxy) is 1. The Balaban J connectivity index is 2.98. The Bertz CT molecular complexity index is 764. The number of aromatic nitrogens is 1. The molecule has 2 aromatic rings. The molecule has 0 fully saturated rings. The van der Waals surface area contributed by atoms with Crippen LogP contribution in [0.15, 0.2) is 24.9 Å². The van der Waals surface area contributed by atoms with Crippen LogP contribution in [-0.4, -0.2) is 12.1 Å². The van der Waals surface area contributed by atoms with E-state index < -0.39 is 11.8 Å². The first-order chi connectivity index (χ1) is 10.1. The van der Waals surface area contributed by atoms with Crippen molar-refractivity contribution in [2.75, 3.05) is 7.11 Å². The highest BCUT2D eigenvalue weighted by atomic mass is 19.1. The van der Waals surface area contributed by atoms with Gasteiger partial charge in [-0.05, 0) is 24.6 Å². The van der Waals surface area contributed by atoms with Crippen molar-refractivity contribution in [3.05, 3.63) is 53.4 Å². The summed E-state index contributed by atoms with van der Waals surface area (Å²) >= 11 is 0. The van der Waals surface area contributed by atoms with Gasteiger partial charge in [-0.1, -0.05) is 12.7 Å². The Hall–Kier alpha value is -2.74. The molecule has 3 nitrogen and oxygen atoms in total. The molecule has 1 aromatic heterocycles. The molecule has 0 saturated carbocycles. The molecule has 0 spiro atoms. The normalized spacial score (nSPS) is 10.0. The Morgan fingerprint density at radius 1 is 1.43 bits per heavy atom. The van der Waals surface area contributed by atoms with Gasteiger partial charge in [-0.25, -0.2) is 9.37 Å². The number of rotatable bonds is 3. The van der Waals surface area contributed by atoms with Crippen LogP contribution in [-0.2, 0) is 0 Å². The fourth-order valence-electron chi connectivity index (χ4n) is 2.22. The van der Waals surface area contributed by atoms with Gasteiger partial charge in [-0.2, -0.15) is 9.65 Å². The molecular formula is C16H12F2N2O. The van der Waals surface area contributed by atoms with E-state index in [0.29, 0.717) is 5.56 Å². The van der Waals surface area contributed by atoms with Crippen LogP contribution in [0.25, 0.3) is 17.2 Å². The molecule has 0 amide bonds. The fourth-order valence-corrected chi connectivity index (χ4v) is 2.22. The van der Waals surface area contributed by atoms with Gasteiger partial charge < -0.3 is 4.74 Å². The minimum Gasteiger partial charge on any atom is -0.495 e. The summed E-state index contributed by atoms with van der Waals surface area (Å²) in [5, 5.41) is 9.29. The van der Waals surface area contributed by atoms with E-state index in [9.17, 15) is 14.0 Å². The highest BCUT2D eigenvalue weighted by Crippen LogP contribution is 2.40. The maximum atomic E-state index is 14.7. The van der Waals surface area contributed by atoms with Crippen LogP contribution in [0.5, 0.6) is 5.75 Å². The van der Waals surface area contributed by atoms with Gasteiger partial charge in [0.05, 0.1) is 18.2 Å². The summed E-state index contributed by atoms with van der Waals surface area (Å²) in [6.45, 7) is 5.13. The molecular weight excluding hydrogens is 274 g/mol. The summed E-state index contributed by atoms with van der Waals surface area (Å²) in [6, 6.07) is 4.83. The van der Waals surface area contributed by atoms with E-state index in [1.165, 1.54) is 31.5 Å². The predicted octanol–water partition coefficient (Wildman–Crippen LogP) is 3.86. The van der Waals surface area contributed by atoms with Crippen LogP contribution >= 0.6 is 0 Å². The van der Waals surface area contributed by atoms with Gasteiger partial charge in [0, 0.05) is 17.3 Å². The van der Waals surface area contributed by atoms with Gasteiger partial charge >= 0.3 is 0 Å². The van der Waals surface area contributed by atoms with Gasteiger partial charge in [0.15, 0.2) is 0 Å². The summed E-state index contributed by atoms with van der Waals surface area (Å²) in [5.74, 6) is -1.53. The van der Waals surface area contributed by atoms with Gasteiger partial charge in [-0.3, -0.25) is 0 Å². The first-order valence-corrected chi connectivity index (χ1v) is 6.10. The lowest BCUT2D eigenvalue weighted by Crippen LogP contribution is -2.03. The third kappa shape index (κ3) is 2.25. The van der Waals surface area contributed by atoms with Crippen molar-refractivity contribution in [2.45, 2.75) is 6.92 Å². The number of hydrogen-bond donors (Lipinski definition) is 0. The summed E-state index contributed by atoms with van der Waals surface area (Å²) in [7, 11) is 1.31. The van der Waals surface area contributed by atoms with Crippen molar-refractivity contribution in [1.29, 1.82) is 5.26 Å². The zero-order valence-corrected chi connectivity index (χ0v) is 11.6. The van der Waals surface area contributed by atoms with E-state index in [1.54, 1.807) is 6.92 Å². The molecule has 0 aliphatic carbocycles. The molecule has 0 bridgehead atoms. The lowest BCUT2D eigenvalue weighted by molar-refractivity contribution is 0.411. The summed E-state index contributed by atoms with van der Waals surface area (Å²) in [6.07, 6.45) is 2.56. The minimum atomic E-state index is -0.836. The third-order valence-electron chi connectivity index (χ3n) is 3.24. The summed E-state index contributed by atoms with van der Waals surface area (Å²) in [4.78, 5) is 3.51. The number of nitrogens with zero attached hydrogens (tertiary/aromatic N) is 2. The van der Waals surface area contributed by atoms with Gasteiger partial charge in [0.1, 0.15) is 17.6 Å². The van der Waals surface area contributed by atoms with Crippen LogP contribution in [0.2, 0.25) is 0 Å². The Labute approximate surface area is 121 Å². The maximum absolute atomic E-state index is 14.7. The molecule has 0 aliphatic heterocycles. The van der Waals surface area contributed by atoms with E-state index in [0.717, 1.165) is 0 Å². The molecule has 0 radical (unpaired) electrons. The standard InChI is InChI=1S/C16H12F2N2O/c1-4-10-9(2)12(8-19)15(21-3)13(14(10)17)11-6-5-7-20-16(11)18/h4-7H,1H2,2-3H3. The van der Waals surface area contributed by atoms with Crippen LogP contribution < -0.4 is 4.74 Å². The van der Waals surface area contributed by atoms with Crippen molar-refractivity contribution in [3.8, 4) is 22.9 Å². The summed E-state index contributed by atoms with van der Waals surface area (Å²) < 4.78 is 33.8. The number of nitriles is 1. The van der Waals surface area contributed by atoms with Crippen LogP contribution in [0.1, 0.15) is 16.7 Å². The van der Waals surface area contributed by atoms with E-state index in [1.807, 2.05) is 6.07 Å². The van der Waals surface area contributed by atoms with Crippen molar-refractivity contribution in [3.63, 3.8) is 0 Å². The number of pyridine rings is 1. The lowest BCUT2D eigenvalue weighted by Gasteiger charge is -2.16. The predicted molar refractivity (Wildman–Crippen MR) is 75.7 cm³/mol. The minimum absolute atomic E-state index is 0.00926. The molecule has 0 atom stereocenters. The SMILES string of the molecule is C=Cc1c(C)c(C#N)c(OC)c(-c2cccnc2F)c1F. The second-order valence-corrected chi connectivity index (χ2v) is 4.29. The largest absolute Gasteiger partial charge is 0.495 e. The number of hydrogen-bond acceptors (Lipinski definition) is 3. The Morgan fingerprint density at radius 3 is 2.67 bits per heavy atom. The van der Waals surface area contributed by atoms with Crippen molar-refractivity contribution < 1.29 is 13.5 Å². The van der Waals surface area contributed by atoms with Gasteiger partial charge in [0.25, 0.3) is 0 Å². The summed E-state index contributed by atoms with van der Waals surface area (Å²) in [5.41, 5.74) is 0.499. The molecule has 5 heteroatoms.